The topological polar surface area (TPSA) is 47.7 Å². The van der Waals surface area contributed by atoms with Gasteiger partial charge in [-0.1, -0.05) is 6.92 Å². The molecule has 5 heteroatoms. The minimum absolute atomic E-state index is 0.401. The van der Waals surface area contributed by atoms with Crippen LogP contribution in [-0.2, 0) is 13.1 Å². The van der Waals surface area contributed by atoms with Crippen molar-refractivity contribution < 1.29 is 0 Å². The molecule has 0 aromatic carbocycles. The van der Waals surface area contributed by atoms with Crippen molar-refractivity contribution in [1.29, 1.82) is 0 Å². The van der Waals surface area contributed by atoms with Crippen LogP contribution in [0.1, 0.15) is 50.2 Å². The Morgan fingerprint density at radius 1 is 1.30 bits per heavy atom. The van der Waals surface area contributed by atoms with E-state index in [1.807, 2.05) is 17.8 Å². The van der Waals surface area contributed by atoms with Gasteiger partial charge in [0.1, 0.15) is 0 Å². The standard InChI is InChI=1S/C15H25N5/c1-6-7-19-10-15(12(4)18-19)16-8-14-9-17-20(11(2)3)13(14)5/h9-11,16H,6-8H2,1-5H3. The summed E-state index contributed by atoms with van der Waals surface area (Å²) in [5.41, 5.74) is 4.62. The normalized spacial score (nSPS) is 11.3. The summed E-state index contributed by atoms with van der Waals surface area (Å²) in [6, 6.07) is 0.401. The van der Waals surface area contributed by atoms with Gasteiger partial charge in [0, 0.05) is 36.6 Å². The first-order chi connectivity index (χ1) is 9.52. The molecule has 5 nitrogen and oxygen atoms in total. The van der Waals surface area contributed by atoms with Gasteiger partial charge >= 0.3 is 0 Å². The Labute approximate surface area is 121 Å². The van der Waals surface area contributed by atoms with Gasteiger partial charge in [0.25, 0.3) is 0 Å². The molecule has 1 N–H and O–H groups in total. The fraction of sp³-hybridized carbons (Fsp3) is 0.600. The van der Waals surface area contributed by atoms with Gasteiger partial charge in [-0.05, 0) is 34.1 Å². The second kappa shape index (κ2) is 6.11. The quantitative estimate of drug-likeness (QED) is 0.880. The molecule has 2 rings (SSSR count). The van der Waals surface area contributed by atoms with E-state index in [0.717, 1.165) is 30.9 Å². The Morgan fingerprint density at radius 2 is 2.05 bits per heavy atom. The summed E-state index contributed by atoms with van der Waals surface area (Å²) in [4.78, 5) is 0. The van der Waals surface area contributed by atoms with E-state index in [0.29, 0.717) is 6.04 Å². The first-order valence-electron chi connectivity index (χ1n) is 7.33. The van der Waals surface area contributed by atoms with Gasteiger partial charge in [-0.15, -0.1) is 0 Å². The molecule has 0 unspecified atom stereocenters. The summed E-state index contributed by atoms with van der Waals surface area (Å²) in [5.74, 6) is 0. The Kier molecular flexibility index (Phi) is 4.47. The van der Waals surface area contributed by atoms with Crippen LogP contribution in [0.2, 0.25) is 0 Å². The highest BCUT2D eigenvalue weighted by molar-refractivity contribution is 5.46. The van der Waals surface area contributed by atoms with Crippen LogP contribution in [0.15, 0.2) is 12.4 Å². The molecule has 0 spiro atoms. The van der Waals surface area contributed by atoms with Crippen LogP contribution < -0.4 is 5.32 Å². The van der Waals surface area contributed by atoms with Crippen molar-refractivity contribution in [2.45, 2.75) is 60.2 Å². The smallest absolute Gasteiger partial charge is 0.0825 e. The van der Waals surface area contributed by atoms with Crippen molar-refractivity contribution in [1.82, 2.24) is 19.6 Å². The molecule has 0 fully saturated rings. The van der Waals surface area contributed by atoms with E-state index >= 15 is 0 Å². The van der Waals surface area contributed by atoms with Crippen molar-refractivity contribution in [3.8, 4) is 0 Å². The van der Waals surface area contributed by atoms with Crippen molar-refractivity contribution in [2.24, 2.45) is 0 Å². The summed E-state index contributed by atoms with van der Waals surface area (Å²) in [6.07, 6.45) is 5.13. The maximum atomic E-state index is 4.50. The number of nitrogens with zero attached hydrogens (tertiary/aromatic N) is 4. The Bertz CT molecular complexity index is 565. The minimum atomic E-state index is 0.401. The van der Waals surface area contributed by atoms with E-state index in [-0.39, 0.29) is 0 Å². The number of aromatic nitrogens is 4. The van der Waals surface area contributed by atoms with Gasteiger partial charge in [-0.3, -0.25) is 9.36 Å². The molecule has 20 heavy (non-hydrogen) atoms. The second-order valence-corrected chi connectivity index (χ2v) is 5.54. The zero-order chi connectivity index (χ0) is 14.7. The number of rotatable bonds is 6. The summed E-state index contributed by atoms with van der Waals surface area (Å²) in [7, 11) is 0. The molecule has 0 aliphatic rings. The molecule has 0 aliphatic heterocycles. The molecule has 0 saturated carbocycles. The number of nitrogens with one attached hydrogen (secondary N) is 1. The lowest BCUT2D eigenvalue weighted by Gasteiger charge is -2.09. The SMILES string of the molecule is CCCn1cc(NCc2cnn(C(C)C)c2C)c(C)n1. The van der Waals surface area contributed by atoms with Crippen LogP contribution in [0.5, 0.6) is 0 Å². The molecule has 0 aliphatic carbocycles. The van der Waals surface area contributed by atoms with Crippen molar-refractivity contribution in [2.75, 3.05) is 5.32 Å². The molecule has 0 amide bonds. The summed E-state index contributed by atoms with van der Waals surface area (Å²) < 4.78 is 4.06. The molecule has 2 aromatic rings. The molecule has 0 bridgehead atoms. The van der Waals surface area contributed by atoms with Crippen molar-refractivity contribution in [3.05, 3.63) is 29.3 Å². The molecule has 2 aromatic heterocycles. The van der Waals surface area contributed by atoms with Gasteiger partial charge in [-0.2, -0.15) is 10.2 Å². The molecule has 0 saturated heterocycles. The number of anilines is 1. The predicted molar refractivity (Wildman–Crippen MR) is 81.9 cm³/mol. The van der Waals surface area contributed by atoms with Gasteiger partial charge in [0.15, 0.2) is 0 Å². The van der Waals surface area contributed by atoms with Gasteiger partial charge in [-0.25, -0.2) is 0 Å². The number of hydrogen-bond donors (Lipinski definition) is 1. The lowest BCUT2D eigenvalue weighted by Crippen LogP contribution is -2.06. The van der Waals surface area contributed by atoms with Crippen molar-refractivity contribution in [3.63, 3.8) is 0 Å². The van der Waals surface area contributed by atoms with E-state index in [1.165, 1.54) is 11.3 Å². The molecule has 0 radical (unpaired) electrons. The zero-order valence-corrected chi connectivity index (χ0v) is 13.1. The Morgan fingerprint density at radius 3 is 2.65 bits per heavy atom. The average molecular weight is 275 g/mol. The second-order valence-electron chi connectivity index (χ2n) is 5.54. The van der Waals surface area contributed by atoms with Crippen LogP contribution >= 0.6 is 0 Å². The molecule has 0 atom stereocenters. The van der Waals surface area contributed by atoms with E-state index in [2.05, 4.69) is 54.1 Å². The molecular weight excluding hydrogens is 250 g/mol. The fourth-order valence-corrected chi connectivity index (χ4v) is 2.38. The lowest BCUT2D eigenvalue weighted by atomic mass is 10.2. The summed E-state index contributed by atoms with van der Waals surface area (Å²) in [5, 5.41) is 12.4. The Balaban J connectivity index is 2.05. The minimum Gasteiger partial charge on any atom is -0.378 e. The van der Waals surface area contributed by atoms with Crippen molar-refractivity contribution >= 4 is 5.69 Å². The predicted octanol–water partition coefficient (Wildman–Crippen LogP) is 3.30. The van der Waals surface area contributed by atoms with Gasteiger partial charge in [0.05, 0.1) is 17.6 Å². The highest BCUT2D eigenvalue weighted by Crippen LogP contribution is 2.17. The molecule has 2 heterocycles. The van der Waals surface area contributed by atoms with E-state index in [4.69, 9.17) is 0 Å². The Hall–Kier alpha value is -1.78. The highest BCUT2D eigenvalue weighted by atomic mass is 15.3. The third kappa shape index (κ3) is 3.03. The van der Waals surface area contributed by atoms with E-state index in [1.54, 1.807) is 0 Å². The number of aryl methyl sites for hydroxylation is 2. The van der Waals surface area contributed by atoms with Crippen LogP contribution in [-0.4, -0.2) is 19.6 Å². The van der Waals surface area contributed by atoms with Crippen LogP contribution in [0.4, 0.5) is 5.69 Å². The largest absolute Gasteiger partial charge is 0.378 e. The highest BCUT2D eigenvalue weighted by Gasteiger charge is 2.10. The first-order valence-corrected chi connectivity index (χ1v) is 7.33. The molecular formula is C15H25N5. The first kappa shape index (κ1) is 14.6. The zero-order valence-electron chi connectivity index (χ0n) is 13.1. The lowest BCUT2D eigenvalue weighted by molar-refractivity contribution is 0.518. The average Bonchev–Trinajstić information content (AvgIpc) is 2.91. The molecule has 110 valence electrons. The third-order valence-corrected chi connectivity index (χ3v) is 3.50. The van der Waals surface area contributed by atoms with Gasteiger partial charge in [0.2, 0.25) is 0 Å². The van der Waals surface area contributed by atoms with Crippen LogP contribution in [0, 0.1) is 13.8 Å². The van der Waals surface area contributed by atoms with E-state index < -0.39 is 0 Å². The fourth-order valence-electron chi connectivity index (χ4n) is 2.38. The maximum absolute atomic E-state index is 4.50. The third-order valence-electron chi connectivity index (χ3n) is 3.50. The van der Waals surface area contributed by atoms with Crippen LogP contribution in [0.25, 0.3) is 0 Å². The van der Waals surface area contributed by atoms with E-state index in [9.17, 15) is 0 Å². The van der Waals surface area contributed by atoms with Gasteiger partial charge < -0.3 is 5.32 Å². The number of hydrogen-bond acceptors (Lipinski definition) is 3. The maximum Gasteiger partial charge on any atom is 0.0825 e. The summed E-state index contributed by atoms with van der Waals surface area (Å²) in [6.45, 7) is 12.4. The monoisotopic (exact) mass is 275 g/mol. The van der Waals surface area contributed by atoms with Crippen LogP contribution in [0.3, 0.4) is 0 Å². The summed E-state index contributed by atoms with van der Waals surface area (Å²) >= 11 is 0.